The first-order valence-electron chi connectivity index (χ1n) is 20.3. The van der Waals surface area contributed by atoms with E-state index in [-0.39, 0.29) is 52.6 Å². The molecule has 8 rings (SSSR count). The zero-order chi connectivity index (χ0) is 37.9. The predicted octanol–water partition coefficient (Wildman–Crippen LogP) is 0.411. The highest BCUT2D eigenvalue weighted by atomic mass is 16.7. The number of hydrogen-bond acceptors (Lipinski definition) is 14. The highest BCUT2D eigenvalue weighted by molar-refractivity contribution is 5.17. The summed E-state index contributed by atoms with van der Waals surface area (Å²) in [6.07, 6.45) is -8.19. The van der Waals surface area contributed by atoms with Crippen molar-refractivity contribution in [3.63, 3.8) is 0 Å². The van der Waals surface area contributed by atoms with Crippen molar-refractivity contribution in [2.45, 2.75) is 178 Å². The van der Waals surface area contributed by atoms with Crippen molar-refractivity contribution in [1.82, 2.24) is 0 Å². The van der Waals surface area contributed by atoms with E-state index < -0.39 is 86.0 Å². The van der Waals surface area contributed by atoms with Crippen LogP contribution in [0.2, 0.25) is 0 Å². The van der Waals surface area contributed by atoms with E-state index in [1.807, 2.05) is 0 Å². The number of hydrogen-bond donors (Lipinski definition) is 8. The molecule has 0 aromatic rings. The third-order valence-corrected chi connectivity index (χ3v) is 16.2. The number of aliphatic hydroxyl groups is 8. The van der Waals surface area contributed by atoms with E-state index in [4.69, 9.17) is 28.4 Å². The second-order valence-corrected chi connectivity index (χ2v) is 19.0. The first-order valence-corrected chi connectivity index (χ1v) is 20.3. The van der Waals surface area contributed by atoms with Gasteiger partial charge in [0.15, 0.2) is 18.4 Å². The van der Waals surface area contributed by atoms with Crippen LogP contribution in [0.15, 0.2) is 0 Å². The van der Waals surface area contributed by atoms with Crippen molar-refractivity contribution in [2.75, 3.05) is 13.2 Å². The normalized spacial score (nSPS) is 61.0. The summed E-state index contributed by atoms with van der Waals surface area (Å²) < 4.78 is 38.1. The van der Waals surface area contributed by atoms with E-state index in [9.17, 15) is 40.9 Å². The van der Waals surface area contributed by atoms with Crippen LogP contribution in [0.3, 0.4) is 0 Å². The summed E-state index contributed by atoms with van der Waals surface area (Å²) in [5.74, 6) is 0.351. The molecular weight excluding hydrogens is 692 g/mol. The maximum absolute atomic E-state index is 11.3. The van der Waals surface area contributed by atoms with Crippen molar-refractivity contribution >= 4 is 0 Å². The summed E-state index contributed by atoms with van der Waals surface area (Å²) in [4.78, 5) is 0. The molecule has 8 N–H and O–H groups in total. The fourth-order valence-electron chi connectivity index (χ4n) is 13.3. The molecule has 24 unspecified atom stereocenters. The lowest BCUT2D eigenvalue weighted by molar-refractivity contribution is -0.334. The second-order valence-electron chi connectivity index (χ2n) is 19.0. The van der Waals surface area contributed by atoms with Gasteiger partial charge in [0, 0.05) is 5.92 Å². The van der Waals surface area contributed by atoms with Crippen molar-refractivity contribution < 1.29 is 69.3 Å². The number of ether oxygens (including phenoxy) is 6. The summed E-state index contributed by atoms with van der Waals surface area (Å²) in [6, 6.07) is 0. The summed E-state index contributed by atoms with van der Waals surface area (Å²) in [7, 11) is 0. The lowest BCUT2D eigenvalue weighted by atomic mass is 9.43. The molecule has 53 heavy (non-hydrogen) atoms. The van der Waals surface area contributed by atoms with Crippen molar-refractivity contribution in [3.05, 3.63) is 0 Å². The van der Waals surface area contributed by atoms with Gasteiger partial charge in [-0.2, -0.15) is 0 Å². The minimum atomic E-state index is -1.57. The number of aliphatic hydroxyl groups excluding tert-OH is 8. The fraction of sp³-hybridized carbons (Fsp3) is 1.00. The van der Waals surface area contributed by atoms with Crippen LogP contribution in [0, 0.1) is 52.3 Å². The predicted molar refractivity (Wildman–Crippen MR) is 184 cm³/mol. The van der Waals surface area contributed by atoms with Gasteiger partial charge in [0.2, 0.25) is 0 Å². The summed E-state index contributed by atoms with van der Waals surface area (Å²) in [6.45, 7) is 10.7. The van der Waals surface area contributed by atoms with Gasteiger partial charge in [-0.05, 0) is 105 Å². The quantitative estimate of drug-likeness (QED) is 0.179. The Kier molecular flexibility index (Phi) is 10.4. The Bertz CT molecular complexity index is 1320. The Hall–Kier alpha value is -0.560. The van der Waals surface area contributed by atoms with Gasteiger partial charge in [0.25, 0.3) is 0 Å². The highest BCUT2D eigenvalue weighted by Gasteiger charge is 2.71. The van der Waals surface area contributed by atoms with E-state index in [0.717, 1.165) is 25.7 Å². The maximum atomic E-state index is 11.3. The first kappa shape index (κ1) is 39.3. The molecule has 0 aromatic carbocycles. The van der Waals surface area contributed by atoms with Crippen LogP contribution in [-0.4, -0.2) is 146 Å². The van der Waals surface area contributed by atoms with Gasteiger partial charge < -0.3 is 69.3 Å². The molecule has 0 bridgehead atoms. The molecule has 14 heteroatoms. The second kappa shape index (κ2) is 14.1. The number of fused-ring (bicyclic) bond motifs is 7. The van der Waals surface area contributed by atoms with Gasteiger partial charge in [-0.15, -0.1) is 0 Å². The van der Waals surface area contributed by atoms with Crippen LogP contribution < -0.4 is 0 Å². The van der Waals surface area contributed by atoms with Crippen LogP contribution in [0.5, 0.6) is 0 Å². The SMILES string of the molecule is CC1COC2(OC3CC4C5CC(OC6OC(CO)C(O)C(O)C6O)C6CC(OC7OC(C)C(O)C(O)C7O)CCC6(C)C5CCC4(C)C3C2C)C(O)C1. The Balaban J connectivity index is 1.07. The van der Waals surface area contributed by atoms with Crippen LogP contribution in [0.1, 0.15) is 86.0 Å². The van der Waals surface area contributed by atoms with Crippen molar-refractivity contribution in [1.29, 1.82) is 0 Å². The minimum Gasteiger partial charge on any atom is -0.394 e. The molecule has 0 radical (unpaired) electrons. The van der Waals surface area contributed by atoms with Gasteiger partial charge in [-0.25, -0.2) is 0 Å². The third-order valence-electron chi connectivity index (χ3n) is 16.2. The monoisotopic (exact) mass is 756 g/mol. The van der Waals surface area contributed by atoms with Gasteiger partial charge in [-0.3, -0.25) is 0 Å². The summed E-state index contributed by atoms with van der Waals surface area (Å²) in [5, 5.41) is 85.1. The summed E-state index contributed by atoms with van der Waals surface area (Å²) in [5.41, 5.74) is -0.267. The van der Waals surface area contributed by atoms with E-state index in [1.165, 1.54) is 0 Å². The topological polar surface area (TPSA) is 217 Å². The molecule has 4 aliphatic heterocycles. The molecule has 4 heterocycles. The van der Waals surface area contributed by atoms with Crippen LogP contribution in [0.25, 0.3) is 0 Å². The molecule has 14 nitrogen and oxygen atoms in total. The zero-order valence-electron chi connectivity index (χ0n) is 31.7. The van der Waals surface area contributed by atoms with E-state index in [2.05, 4.69) is 27.7 Å². The summed E-state index contributed by atoms with van der Waals surface area (Å²) >= 11 is 0. The average molecular weight is 757 g/mol. The Morgan fingerprint density at radius 2 is 1.36 bits per heavy atom. The zero-order valence-corrected chi connectivity index (χ0v) is 31.7. The molecule has 304 valence electrons. The number of rotatable bonds is 5. The molecular formula is C39H64O14. The molecule has 8 fully saturated rings. The Morgan fingerprint density at radius 1 is 0.679 bits per heavy atom. The molecule has 4 aliphatic carbocycles. The smallest absolute Gasteiger partial charge is 0.197 e. The molecule has 4 saturated carbocycles. The van der Waals surface area contributed by atoms with Crippen molar-refractivity contribution in [3.8, 4) is 0 Å². The van der Waals surface area contributed by atoms with Gasteiger partial charge in [0.1, 0.15) is 48.8 Å². The van der Waals surface area contributed by atoms with E-state index in [0.29, 0.717) is 44.1 Å². The lowest BCUT2D eigenvalue weighted by Gasteiger charge is -2.63. The third kappa shape index (κ3) is 6.03. The lowest BCUT2D eigenvalue weighted by Crippen LogP contribution is -2.63. The Labute approximate surface area is 312 Å². The first-order chi connectivity index (χ1) is 25.0. The molecule has 8 aliphatic rings. The molecule has 24 atom stereocenters. The van der Waals surface area contributed by atoms with Gasteiger partial charge >= 0.3 is 0 Å². The average Bonchev–Trinajstić information content (AvgIpc) is 3.58. The molecule has 4 saturated heterocycles. The Morgan fingerprint density at radius 3 is 2.06 bits per heavy atom. The van der Waals surface area contributed by atoms with E-state index >= 15 is 0 Å². The van der Waals surface area contributed by atoms with Crippen LogP contribution in [-0.2, 0) is 28.4 Å². The van der Waals surface area contributed by atoms with Crippen LogP contribution in [0.4, 0.5) is 0 Å². The van der Waals surface area contributed by atoms with Gasteiger partial charge in [-0.1, -0.05) is 27.7 Å². The van der Waals surface area contributed by atoms with Crippen molar-refractivity contribution in [2.24, 2.45) is 52.3 Å². The molecule has 0 amide bonds. The molecule has 0 aromatic heterocycles. The largest absolute Gasteiger partial charge is 0.394 e. The minimum absolute atomic E-state index is 0.0157. The molecule has 1 spiro atoms. The maximum Gasteiger partial charge on any atom is 0.197 e. The van der Waals surface area contributed by atoms with E-state index in [1.54, 1.807) is 6.92 Å². The highest BCUT2D eigenvalue weighted by Crippen LogP contribution is 2.71. The standard InChI is InChI=1S/C39H64O14/c1-16-10-27(41)39(48-15-16)17(2)28-25(53-39)13-22-20-12-24(51-36-34(47)32(45)30(43)26(14-40)52-36)23-11-19(50-35-33(46)31(44)29(42)18(3)49-35)6-8-37(23,4)21(20)7-9-38(22,28)5/h16-36,40-47H,6-15H2,1-5H3. The fourth-order valence-corrected chi connectivity index (χ4v) is 13.3. The van der Waals surface area contributed by atoms with Gasteiger partial charge in [0.05, 0.1) is 37.6 Å². The van der Waals surface area contributed by atoms with Crippen LogP contribution >= 0.6 is 0 Å².